The summed E-state index contributed by atoms with van der Waals surface area (Å²) >= 11 is 0. The molecule has 1 aliphatic carbocycles. The monoisotopic (exact) mass is 226 g/mol. The van der Waals surface area contributed by atoms with Crippen molar-refractivity contribution in [3.63, 3.8) is 0 Å². The van der Waals surface area contributed by atoms with Crippen LogP contribution in [0.15, 0.2) is 0 Å². The minimum Gasteiger partial charge on any atom is -0.384 e. The average molecular weight is 226 g/mol. The quantitative estimate of drug-likeness (QED) is 0.758. The molecule has 1 amide bonds. The standard InChI is InChI=1S/C12H22N2O2/c1-13-6-11(15)14-7-10(8-16-2)12(9-14)4-3-5-12/h10,13H,3-9H2,1-2H3/t10-/m0/s1. The zero-order valence-electron chi connectivity index (χ0n) is 10.3. The lowest BCUT2D eigenvalue weighted by Gasteiger charge is -2.42. The highest BCUT2D eigenvalue weighted by Crippen LogP contribution is 2.51. The normalized spacial score (nSPS) is 27.1. The molecule has 0 radical (unpaired) electrons. The third-order valence-corrected chi connectivity index (χ3v) is 4.21. The van der Waals surface area contributed by atoms with E-state index in [1.807, 2.05) is 11.9 Å². The van der Waals surface area contributed by atoms with Crippen molar-refractivity contribution in [1.29, 1.82) is 0 Å². The number of amides is 1. The van der Waals surface area contributed by atoms with E-state index < -0.39 is 0 Å². The number of ether oxygens (including phenoxy) is 1. The first-order valence-electron chi connectivity index (χ1n) is 6.13. The van der Waals surface area contributed by atoms with Crippen LogP contribution in [0.1, 0.15) is 19.3 Å². The molecule has 1 saturated carbocycles. The van der Waals surface area contributed by atoms with Crippen LogP contribution in [0.5, 0.6) is 0 Å². The highest BCUT2D eigenvalue weighted by atomic mass is 16.5. The summed E-state index contributed by atoms with van der Waals surface area (Å²) in [5.41, 5.74) is 0.388. The second kappa shape index (κ2) is 4.72. The molecule has 0 aromatic heterocycles. The highest BCUT2D eigenvalue weighted by molar-refractivity contribution is 5.78. The molecule has 0 aromatic rings. The van der Waals surface area contributed by atoms with E-state index in [1.165, 1.54) is 19.3 Å². The first-order valence-corrected chi connectivity index (χ1v) is 6.13. The fourth-order valence-corrected chi connectivity index (χ4v) is 3.11. The number of hydrogen-bond acceptors (Lipinski definition) is 3. The van der Waals surface area contributed by atoms with Crippen LogP contribution < -0.4 is 5.32 Å². The number of hydrogen-bond donors (Lipinski definition) is 1. The van der Waals surface area contributed by atoms with Gasteiger partial charge in [-0.2, -0.15) is 0 Å². The fraction of sp³-hybridized carbons (Fsp3) is 0.917. The number of likely N-dealkylation sites (N-methyl/N-ethyl adjacent to an activating group) is 1. The van der Waals surface area contributed by atoms with Crippen LogP contribution in [-0.4, -0.2) is 51.2 Å². The van der Waals surface area contributed by atoms with Gasteiger partial charge in [0.15, 0.2) is 0 Å². The lowest BCUT2D eigenvalue weighted by atomic mass is 9.63. The molecule has 92 valence electrons. The summed E-state index contributed by atoms with van der Waals surface area (Å²) in [7, 11) is 3.57. The van der Waals surface area contributed by atoms with Crippen LogP contribution in [0, 0.1) is 11.3 Å². The summed E-state index contributed by atoms with van der Waals surface area (Å²) in [6, 6.07) is 0. The number of nitrogens with zero attached hydrogens (tertiary/aromatic N) is 1. The van der Waals surface area contributed by atoms with Gasteiger partial charge in [0, 0.05) is 26.1 Å². The van der Waals surface area contributed by atoms with Crippen molar-refractivity contribution in [1.82, 2.24) is 10.2 Å². The summed E-state index contributed by atoms with van der Waals surface area (Å²) in [6.07, 6.45) is 3.85. The van der Waals surface area contributed by atoms with Crippen molar-refractivity contribution in [3.05, 3.63) is 0 Å². The van der Waals surface area contributed by atoms with Gasteiger partial charge in [0.2, 0.25) is 5.91 Å². The SMILES string of the molecule is CNCC(=O)N1C[C@@H](COC)C2(CCC2)C1. The number of likely N-dealkylation sites (tertiary alicyclic amines) is 1. The molecule has 1 spiro atoms. The first kappa shape index (κ1) is 11.9. The van der Waals surface area contributed by atoms with Gasteiger partial charge in [0.25, 0.3) is 0 Å². The Bertz CT molecular complexity index is 264. The third-order valence-electron chi connectivity index (χ3n) is 4.21. The summed E-state index contributed by atoms with van der Waals surface area (Å²) in [4.78, 5) is 13.9. The Morgan fingerprint density at radius 1 is 1.56 bits per heavy atom. The van der Waals surface area contributed by atoms with E-state index in [-0.39, 0.29) is 5.91 Å². The zero-order valence-corrected chi connectivity index (χ0v) is 10.3. The molecule has 0 bridgehead atoms. The summed E-state index contributed by atoms with van der Waals surface area (Å²) in [5, 5.41) is 2.93. The van der Waals surface area contributed by atoms with Crippen molar-refractivity contribution < 1.29 is 9.53 Å². The largest absolute Gasteiger partial charge is 0.384 e. The average Bonchev–Trinajstić information content (AvgIpc) is 2.58. The van der Waals surface area contributed by atoms with Gasteiger partial charge in [-0.3, -0.25) is 4.79 Å². The summed E-state index contributed by atoms with van der Waals surface area (Å²) in [6.45, 7) is 3.08. The molecule has 1 aliphatic heterocycles. The maximum absolute atomic E-state index is 11.8. The predicted molar refractivity (Wildman–Crippen MR) is 62.2 cm³/mol. The molecule has 1 saturated heterocycles. The van der Waals surface area contributed by atoms with Crippen LogP contribution in [0.2, 0.25) is 0 Å². The number of nitrogens with one attached hydrogen (secondary N) is 1. The van der Waals surface area contributed by atoms with E-state index >= 15 is 0 Å². The van der Waals surface area contributed by atoms with E-state index in [1.54, 1.807) is 7.11 Å². The van der Waals surface area contributed by atoms with Gasteiger partial charge in [-0.1, -0.05) is 6.42 Å². The zero-order chi connectivity index (χ0) is 11.6. The molecule has 16 heavy (non-hydrogen) atoms. The maximum atomic E-state index is 11.8. The second-order valence-corrected chi connectivity index (χ2v) is 5.17. The van der Waals surface area contributed by atoms with Crippen LogP contribution in [0.3, 0.4) is 0 Å². The minimum atomic E-state index is 0.229. The van der Waals surface area contributed by atoms with Crippen LogP contribution >= 0.6 is 0 Å². The smallest absolute Gasteiger partial charge is 0.236 e. The van der Waals surface area contributed by atoms with Crippen LogP contribution in [-0.2, 0) is 9.53 Å². The van der Waals surface area contributed by atoms with Gasteiger partial charge in [-0.25, -0.2) is 0 Å². The molecule has 2 aliphatic rings. The Labute approximate surface area is 97.3 Å². The van der Waals surface area contributed by atoms with E-state index in [4.69, 9.17) is 4.74 Å². The molecular weight excluding hydrogens is 204 g/mol. The van der Waals surface area contributed by atoms with Gasteiger partial charge in [0.1, 0.15) is 0 Å². The minimum absolute atomic E-state index is 0.229. The molecule has 1 heterocycles. The van der Waals surface area contributed by atoms with Gasteiger partial charge >= 0.3 is 0 Å². The van der Waals surface area contributed by atoms with E-state index in [0.29, 0.717) is 17.9 Å². The Morgan fingerprint density at radius 2 is 2.31 bits per heavy atom. The van der Waals surface area contributed by atoms with E-state index in [2.05, 4.69) is 5.32 Å². The summed E-state index contributed by atoms with van der Waals surface area (Å²) in [5.74, 6) is 0.777. The van der Waals surface area contributed by atoms with Crippen LogP contribution in [0.25, 0.3) is 0 Å². The molecular formula is C12H22N2O2. The topological polar surface area (TPSA) is 41.6 Å². The number of rotatable bonds is 4. The number of carbonyl (C=O) groups is 1. The lowest BCUT2D eigenvalue weighted by molar-refractivity contribution is -0.129. The second-order valence-electron chi connectivity index (χ2n) is 5.17. The summed E-state index contributed by atoms with van der Waals surface area (Å²) < 4.78 is 5.29. The van der Waals surface area contributed by atoms with E-state index in [0.717, 1.165) is 19.7 Å². The Balaban J connectivity index is 1.98. The maximum Gasteiger partial charge on any atom is 0.236 e. The fourth-order valence-electron chi connectivity index (χ4n) is 3.11. The van der Waals surface area contributed by atoms with Gasteiger partial charge in [-0.15, -0.1) is 0 Å². The molecule has 2 fully saturated rings. The molecule has 4 nitrogen and oxygen atoms in total. The van der Waals surface area contributed by atoms with Crippen molar-refractivity contribution in [2.75, 3.05) is 40.4 Å². The molecule has 2 rings (SSSR count). The molecule has 1 N–H and O–H groups in total. The molecule has 4 heteroatoms. The predicted octanol–water partition coefficient (Wildman–Crippen LogP) is 0.481. The lowest BCUT2D eigenvalue weighted by Crippen LogP contribution is -2.40. The van der Waals surface area contributed by atoms with Crippen molar-refractivity contribution in [3.8, 4) is 0 Å². The van der Waals surface area contributed by atoms with E-state index in [9.17, 15) is 4.79 Å². The third kappa shape index (κ3) is 1.96. The van der Waals surface area contributed by atoms with Crippen molar-refractivity contribution in [2.24, 2.45) is 11.3 Å². The molecule has 0 aromatic carbocycles. The Morgan fingerprint density at radius 3 is 2.81 bits per heavy atom. The van der Waals surface area contributed by atoms with Crippen molar-refractivity contribution >= 4 is 5.91 Å². The van der Waals surface area contributed by atoms with Gasteiger partial charge in [-0.05, 0) is 25.3 Å². The van der Waals surface area contributed by atoms with Gasteiger partial charge < -0.3 is 15.0 Å². The first-order chi connectivity index (χ1) is 7.72. The van der Waals surface area contributed by atoms with Crippen molar-refractivity contribution in [2.45, 2.75) is 19.3 Å². The number of methoxy groups -OCH3 is 1. The Kier molecular flexibility index (Phi) is 3.50. The Hall–Kier alpha value is -0.610. The number of carbonyl (C=O) groups excluding carboxylic acids is 1. The highest BCUT2D eigenvalue weighted by Gasteiger charge is 2.50. The molecule has 0 unspecified atom stereocenters. The molecule has 1 atom stereocenters. The van der Waals surface area contributed by atoms with Crippen LogP contribution in [0.4, 0.5) is 0 Å². The van der Waals surface area contributed by atoms with Gasteiger partial charge in [0.05, 0.1) is 13.2 Å².